The smallest absolute Gasteiger partial charge is 0.256 e. The van der Waals surface area contributed by atoms with Crippen molar-refractivity contribution in [3.63, 3.8) is 0 Å². The van der Waals surface area contributed by atoms with E-state index in [0.29, 0.717) is 31.6 Å². The van der Waals surface area contributed by atoms with Crippen molar-refractivity contribution in [2.75, 3.05) is 33.7 Å². The van der Waals surface area contributed by atoms with Gasteiger partial charge in [0.15, 0.2) is 0 Å². The van der Waals surface area contributed by atoms with E-state index in [9.17, 15) is 9.90 Å². The summed E-state index contributed by atoms with van der Waals surface area (Å²) in [5.41, 5.74) is 0.736. The predicted octanol–water partition coefficient (Wildman–Crippen LogP) is 1.31. The standard InChI is InChI=1S/C16H21N3O2/c1-18(2)10-16(21)7-9-19(11-16)15(20)13-5-3-4-12-6-8-17-14(12)13/h3-6,8,17,21H,7,9-11H2,1-2H3/t16-/m0/s1. The molecule has 3 rings (SSSR count). The first-order chi connectivity index (χ1) is 9.98. The molecule has 0 bridgehead atoms. The van der Waals surface area contributed by atoms with E-state index in [2.05, 4.69) is 4.98 Å². The first-order valence-corrected chi connectivity index (χ1v) is 7.21. The molecule has 0 aliphatic carbocycles. The van der Waals surface area contributed by atoms with Crippen LogP contribution < -0.4 is 0 Å². The Bertz CT molecular complexity index is 664. The molecule has 1 atom stereocenters. The molecule has 1 saturated heterocycles. The minimum atomic E-state index is -0.803. The van der Waals surface area contributed by atoms with E-state index in [1.165, 1.54) is 0 Å². The van der Waals surface area contributed by atoms with Crippen LogP contribution in [0.4, 0.5) is 0 Å². The number of aromatic nitrogens is 1. The molecule has 1 aromatic heterocycles. The van der Waals surface area contributed by atoms with Gasteiger partial charge in [-0.25, -0.2) is 0 Å². The normalized spacial score (nSPS) is 22.4. The summed E-state index contributed by atoms with van der Waals surface area (Å²) in [6.07, 6.45) is 2.46. The topological polar surface area (TPSA) is 59.6 Å². The van der Waals surface area contributed by atoms with Gasteiger partial charge in [-0.15, -0.1) is 0 Å². The number of hydrogen-bond donors (Lipinski definition) is 2. The van der Waals surface area contributed by atoms with Crippen LogP contribution in [-0.4, -0.2) is 65.1 Å². The largest absolute Gasteiger partial charge is 0.387 e. The summed E-state index contributed by atoms with van der Waals surface area (Å²) in [4.78, 5) is 19.5. The maximum absolute atomic E-state index is 12.7. The number of likely N-dealkylation sites (tertiary alicyclic amines) is 1. The average molecular weight is 287 g/mol. The molecule has 112 valence electrons. The minimum absolute atomic E-state index is 0.0160. The number of rotatable bonds is 3. The average Bonchev–Trinajstić information content (AvgIpc) is 3.03. The Morgan fingerprint density at radius 1 is 1.43 bits per heavy atom. The van der Waals surface area contributed by atoms with Crippen LogP contribution in [0.15, 0.2) is 30.5 Å². The van der Waals surface area contributed by atoms with E-state index in [0.717, 1.165) is 10.9 Å². The fraction of sp³-hybridized carbons (Fsp3) is 0.438. The van der Waals surface area contributed by atoms with Crippen LogP contribution in [0.2, 0.25) is 0 Å². The highest BCUT2D eigenvalue weighted by Crippen LogP contribution is 2.25. The van der Waals surface area contributed by atoms with E-state index in [4.69, 9.17) is 0 Å². The van der Waals surface area contributed by atoms with Crippen LogP contribution in [-0.2, 0) is 0 Å². The third kappa shape index (κ3) is 2.66. The molecule has 0 radical (unpaired) electrons. The molecule has 0 saturated carbocycles. The third-order valence-electron chi connectivity index (χ3n) is 4.05. The highest BCUT2D eigenvalue weighted by atomic mass is 16.3. The van der Waals surface area contributed by atoms with E-state index < -0.39 is 5.60 Å². The van der Waals surface area contributed by atoms with Crippen LogP contribution in [0.3, 0.4) is 0 Å². The minimum Gasteiger partial charge on any atom is -0.387 e. The second kappa shape index (κ2) is 5.16. The molecule has 5 heteroatoms. The molecule has 2 N–H and O–H groups in total. The number of para-hydroxylation sites is 1. The molecule has 2 aromatic rings. The molecular weight excluding hydrogens is 266 g/mol. The van der Waals surface area contributed by atoms with Gasteiger partial charge in [0.1, 0.15) is 0 Å². The Hall–Kier alpha value is -1.85. The van der Waals surface area contributed by atoms with Gasteiger partial charge in [0.25, 0.3) is 5.91 Å². The van der Waals surface area contributed by atoms with Gasteiger partial charge in [-0.05, 0) is 32.6 Å². The predicted molar refractivity (Wildman–Crippen MR) is 82.3 cm³/mol. The highest BCUT2D eigenvalue weighted by molar-refractivity contribution is 6.05. The Labute approximate surface area is 124 Å². The first kappa shape index (κ1) is 14.1. The number of fused-ring (bicyclic) bond motifs is 1. The molecule has 1 aliphatic rings. The summed E-state index contributed by atoms with van der Waals surface area (Å²) in [5, 5.41) is 11.6. The van der Waals surface area contributed by atoms with Gasteiger partial charge >= 0.3 is 0 Å². The van der Waals surface area contributed by atoms with Crippen molar-refractivity contribution >= 4 is 16.8 Å². The van der Waals surface area contributed by atoms with Crippen molar-refractivity contribution in [3.05, 3.63) is 36.0 Å². The van der Waals surface area contributed by atoms with Gasteiger partial charge in [0.05, 0.1) is 23.2 Å². The summed E-state index contributed by atoms with van der Waals surface area (Å²) in [5.74, 6) is -0.0160. The number of H-pyrrole nitrogens is 1. The SMILES string of the molecule is CN(C)C[C@@]1(O)CCN(C(=O)c2cccc3cc[nH]c23)C1. The number of carbonyl (C=O) groups is 1. The highest BCUT2D eigenvalue weighted by Gasteiger charge is 2.39. The van der Waals surface area contributed by atoms with E-state index in [1.54, 1.807) is 4.90 Å². The summed E-state index contributed by atoms with van der Waals surface area (Å²) < 4.78 is 0. The van der Waals surface area contributed by atoms with Crippen LogP contribution in [0.1, 0.15) is 16.8 Å². The Morgan fingerprint density at radius 2 is 2.24 bits per heavy atom. The lowest BCUT2D eigenvalue weighted by Gasteiger charge is -2.26. The zero-order chi connectivity index (χ0) is 15.0. The van der Waals surface area contributed by atoms with Crippen molar-refractivity contribution in [3.8, 4) is 0 Å². The van der Waals surface area contributed by atoms with Crippen molar-refractivity contribution in [2.45, 2.75) is 12.0 Å². The van der Waals surface area contributed by atoms with Crippen molar-refractivity contribution in [2.24, 2.45) is 0 Å². The van der Waals surface area contributed by atoms with Crippen LogP contribution in [0, 0.1) is 0 Å². The zero-order valence-corrected chi connectivity index (χ0v) is 12.5. The number of amides is 1. The van der Waals surface area contributed by atoms with E-state index in [1.807, 2.05) is 49.5 Å². The van der Waals surface area contributed by atoms with Gasteiger partial charge in [0.2, 0.25) is 0 Å². The molecule has 1 aliphatic heterocycles. The molecule has 21 heavy (non-hydrogen) atoms. The lowest BCUT2D eigenvalue weighted by atomic mass is 10.0. The monoisotopic (exact) mass is 287 g/mol. The first-order valence-electron chi connectivity index (χ1n) is 7.21. The Balaban J connectivity index is 1.82. The molecule has 1 amide bonds. The maximum atomic E-state index is 12.7. The van der Waals surface area contributed by atoms with Crippen LogP contribution in [0.5, 0.6) is 0 Å². The molecule has 1 fully saturated rings. The summed E-state index contributed by atoms with van der Waals surface area (Å²) in [6, 6.07) is 7.67. The van der Waals surface area contributed by atoms with Crippen molar-refractivity contribution in [1.29, 1.82) is 0 Å². The Kier molecular flexibility index (Phi) is 3.47. The van der Waals surface area contributed by atoms with Gasteiger partial charge in [-0.1, -0.05) is 12.1 Å². The number of β-amino-alcohol motifs (C(OH)–C–C–N with tert-alkyl or cyclic N) is 1. The summed E-state index contributed by atoms with van der Waals surface area (Å²) in [6.45, 7) is 1.56. The van der Waals surface area contributed by atoms with Gasteiger partial charge in [-0.3, -0.25) is 4.79 Å². The fourth-order valence-corrected chi connectivity index (χ4v) is 3.18. The zero-order valence-electron chi connectivity index (χ0n) is 12.5. The number of likely N-dealkylation sites (N-methyl/N-ethyl adjacent to an activating group) is 1. The fourth-order valence-electron chi connectivity index (χ4n) is 3.18. The van der Waals surface area contributed by atoms with E-state index >= 15 is 0 Å². The second-order valence-corrected chi connectivity index (χ2v) is 6.19. The number of aliphatic hydroxyl groups is 1. The molecule has 2 heterocycles. The summed E-state index contributed by atoms with van der Waals surface area (Å²) in [7, 11) is 3.87. The van der Waals surface area contributed by atoms with Crippen LogP contribution in [0.25, 0.3) is 10.9 Å². The van der Waals surface area contributed by atoms with Gasteiger partial charge in [-0.2, -0.15) is 0 Å². The number of benzene rings is 1. The lowest BCUT2D eigenvalue weighted by molar-refractivity contribution is 0.0236. The molecule has 1 aromatic carbocycles. The van der Waals surface area contributed by atoms with Crippen molar-refractivity contribution in [1.82, 2.24) is 14.8 Å². The van der Waals surface area contributed by atoms with E-state index in [-0.39, 0.29) is 5.91 Å². The molecule has 5 nitrogen and oxygen atoms in total. The number of carbonyl (C=O) groups excluding carboxylic acids is 1. The quantitative estimate of drug-likeness (QED) is 0.895. The second-order valence-electron chi connectivity index (χ2n) is 6.19. The number of nitrogens with one attached hydrogen (secondary N) is 1. The molecular formula is C16H21N3O2. The lowest BCUT2D eigenvalue weighted by Crippen LogP contribution is -2.43. The van der Waals surface area contributed by atoms with Gasteiger partial charge in [0, 0.05) is 24.7 Å². The van der Waals surface area contributed by atoms with Gasteiger partial charge < -0.3 is 19.9 Å². The van der Waals surface area contributed by atoms with Crippen LogP contribution >= 0.6 is 0 Å². The van der Waals surface area contributed by atoms with Crippen molar-refractivity contribution < 1.29 is 9.90 Å². The third-order valence-corrected chi connectivity index (χ3v) is 4.05. The number of aromatic amines is 1. The summed E-state index contributed by atoms with van der Waals surface area (Å²) >= 11 is 0. The molecule has 0 unspecified atom stereocenters. The molecule has 0 spiro atoms. The Morgan fingerprint density at radius 3 is 3.00 bits per heavy atom. The maximum Gasteiger partial charge on any atom is 0.256 e. The number of nitrogens with zero attached hydrogens (tertiary/aromatic N) is 2. The number of hydrogen-bond acceptors (Lipinski definition) is 3.